The van der Waals surface area contributed by atoms with Crippen molar-refractivity contribution in [3.05, 3.63) is 158 Å². The van der Waals surface area contributed by atoms with Crippen LogP contribution in [0.5, 0.6) is 0 Å². The first-order chi connectivity index (χ1) is 23.3. The van der Waals surface area contributed by atoms with Crippen LogP contribution in [0.15, 0.2) is 158 Å². The third-order valence-electron chi connectivity index (χ3n) is 10.1. The van der Waals surface area contributed by atoms with Gasteiger partial charge in [-0.2, -0.15) is 0 Å². The zero-order valence-electron chi connectivity index (χ0n) is 25.3. The summed E-state index contributed by atoms with van der Waals surface area (Å²) in [5.74, 6) is 0. The Morgan fingerprint density at radius 1 is 0.362 bits per heavy atom. The molecule has 11 rings (SSSR count). The molecule has 0 bridgehead atoms. The van der Waals surface area contributed by atoms with Gasteiger partial charge in [-0.1, -0.05) is 109 Å². The van der Waals surface area contributed by atoms with Crippen molar-refractivity contribution in [2.45, 2.75) is 0 Å². The molecular formula is C44H26N2S. The van der Waals surface area contributed by atoms with Crippen molar-refractivity contribution in [2.75, 3.05) is 0 Å². The Labute approximate surface area is 273 Å². The Bertz CT molecular complexity index is 3070. The maximum atomic E-state index is 2.49. The van der Waals surface area contributed by atoms with Crippen molar-refractivity contribution >= 4 is 96.7 Å². The summed E-state index contributed by atoms with van der Waals surface area (Å²) >= 11 is 1.91. The summed E-state index contributed by atoms with van der Waals surface area (Å²) in [5, 5.41) is 12.9. The summed E-state index contributed by atoms with van der Waals surface area (Å²) in [6, 6.07) is 58.1. The van der Waals surface area contributed by atoms with E-state index in [4.69, 9.17) is 0 Å². The molecule has 11 aromatic rings. The van der Waals surface area contributed by atoms with Gasteiger partial charge in [0.2, 0.25) is 0 Å². The molecule has 0 aliphatic carbocycles. The Kier molecular flexibility index (Phi) is 5.02. The molecule has 3 heterocycles. The van der Waals surface area contributed by atoms with Crippen molar-refractivity contribution in [3.8, 4) is 11.4 Å². The maximum absolute atomic E-state index is 2.49. The minimum absolute atomic E-state index is 1.17. The van der Waals surface area contributed by atoms with E-state index in [2.05, 4.69) is 167 Å². The normalized spacial score (nSPS) is 12.3. The number of para-hydroxylation sites is 2. The van der Waals surface area contributed by atoms with Gasteiger partial charge in [0.25, 0.3) is 0 Å². The van der Waals surface area contributed by atoms with Crippen molar-refractivity contribution < 1.29 is 0 Å². The standard InChI is InChI=1S/C44H26N2S/c1-2-11-29(12-3-1)46-38-25-21-30(45-37-16-8-6-15-35(37)42-31-13-5-4-10-27(31)20-24-39(42)45)26-36(38)33-22-18-28-19-23-34-32-14-7-9-17-40(32)47-44(34)41(28)43(33)46/h1-26H. The van der Waals surface area contributed by atoms with Gasteiger partial charge in [-0.25, -0.2) is 0 Å². The number of rotatable bonds is 2. The summed E-state index contributed by atoms with van der Waals surface area (Å²) in [5.41, 5.74) is 7.29. The van der Waals surface area contributed by atoms with E-state index in [9.17, 15) is 0 Å². The van der Waals surface area contributed by atoms with Gasteiger partial charge >= 0.3 is 0 Å². The molecule has 0 N–H and O–H groups in total. The predicted molar refractivity (Wildman–Crippen MR) is 203 cm³/mol. The lowest BCUT2D eigenvalue weighted by Crippen LogP contribution is -1.96. The molecule has 218 valence electrons. The van der Waals surface area contributed by atoms with E-state index in [1.807, 2.05) is 11.3 Å². The first-order valence-electron chi connectivity index (χ1n) is 16.1. The largest absolute Gasteiger partial charge is 0.309 e. The molecule has 3 heteroatoms. The van der Waals surface area contributed by atoms with E-state index in [0.717, 1.165) is 0 Å². The molecule has 0 saturated carbocycles. The van der Waals surface area contributed by atoms with E-state index in [1.165, 1.54) is 96.7 Å². The number of nitrogens with zero attached hydrogens (tertiary/aromatic N) is 2. The molecule has 0 radical (unpaired) electrons. The van der Waals surface area contributed by atoms with Crippen LogP contribution in [0, 0.1) is 0 Å². The molecule has 0 aliphatic heterocycles. The molecule has 0 saturated heterocycles. The van der Waals surface area contributed by atoms with Crippen LogP contribution in [0.2, 0.25) is 0 Å². The third-order valence-corrected chi connectivity index (χ3v) is 11.3. The fraction of sp³-hybridized carbons (Fsp3) is 0. The second-order valence-corrected chi connectivity index (χ2v) is 13.6. The highest BCUT2D eigenvalue weighted by Crippen LogP contribution is 2.45. The van der Waals surface area contributed by atoms with Gasteiger partial charge in [0.1, 0.15) is 0 Å². The monoisotopic (exact) mass is 614 g/mol. The van der Waals surface area contributed by atoms with E-state index in [0.29, 0.717) is 0 Å². The van der Waals surface area contributed by atoms with Crippen LogP contribution in [0.1, 0.15) is 0 Å². The summed E-state index contributed by atoms with van der Waals surface area (Å²) in [7, 11) is 0. The molecule has 0 atom stereocenters. The number of aromatic nitrogens is 2. The number of fused-ring (bicyclic) bond motifs is 14. The van der Waals surface area contributed by atoms with Crippen molar-refractivity contribution in [3.63, 3.8) is 0 Å². The topological polar surface area (TPSA) is 9.86 Å². The Morgan fingerprint density at radius 3 is 1.94 bits per heavy atom. The second kappa shape index (κ2) is 9.32. The Balaban J connectivity index is 1.30. The summed E-state index contributed by atoms with van der Waals surface area (Å²) in [6.07, 6.45) is 0. The lowest BCUT2D eigenvalue weighted by Gasteiger charge is -2.11. The highest BCUT2D eigenvalue weighted by Gasteiger charge is 2.20. The second-order valence-electron chi connectivity index (χ2n) is 12.5. The molecule has 0 unspecified atom stereocenters. The Hall–Kier alpha value is -5.90. The van der Waals surface area contributed by atoms with Gasteiger partial charge in [0.05, 0.1) is 22.1 Å². The van der Waals surface area contributed by atoms with Gasteiger partial charge in [0.15, 0.2) is 0 Å². The zero-order chi connectivity index (χ0) is 30.6. The van der Waals surface area contributed by atoms with Crippen LogP contribution < -0.4 is 0 Å². The average molecular weight is 615 g/mol. The molecule has 0 fully saturated rings. The number of benzene rings is 8. The average Bonchev–Trinajstić information content (AvgIpc) is 3.79. The Morgan fingerprint density at radius 2 is 1.04 bits per heavy atom. The van der Waals surface area contributed by atoms with Gasteiger partial charge in [-0.05, 0) is 64.7 Å². The third kappa shape index (κ3) is 3.39. The number of hydrogen-bond donors (Lipinski definition) is 0. The van der Waals surface area contributed by atoms with Gasteiger partial charge in [-0.15, -0.1) is 11.3 Å². The number of thiophene rings is 1. The molecule has 0 amide bonds. The van der Waals surface area contributed by atoms with E-state index < -0.39 is 0 Å². The quantitative estimate of drug-likeness (QED) is 0.183. The van der Waals surface area contributed by atoms with Crippen LogP contribution in [0.25, 0.3) is 96.7 Å². The van der Waals surface area contributed by atoms with Gasteiger partial charge in [-0.3, -0.25) is 0 Å². The van der Waals surface area contributed by atoms with Gasteiger partial charge in [0, 0.05) is 58.5 Å². The van der Waals surface area contributed by atoms with Crippen LogP contribution >= 0.6 is 11.3 Å². The van der Waals surface area contributed by atoms with Crippen LogP contribution in [-0.2, 0) is 0 Å². The molecule has 0 spiro atoms. The van der Waals surface area contributed by atoms with Crippen LogP contribution in [0.3, 0.4) is 0 Å². The van der Waals surface area contributed by atoms with Crippen LogP contribution in [0.4, 0.5) is 0 Å². The first kappa shape index (κ1) is 25.3. The molecule has 8 aromatic carbocycles. The summed E-state index contributed by atoms with van der Waals surface area (Å²) in [4.78, 5) is 0. The number of hydrogen-bond acceptors (Lipinski definition) is 1. The van der Waals surface area contributed by atoms with Crippen LogP contribution in [-0.4, -0.2) is 9.13 Å². The molecule has 3 aromatic heterocycles. The fourth-order valence-electron chi connectivity index (χ4n) is 8.08. The maximum Gasteiger partial charge on any atom is 0.0633 e. The minimum atomic E-state index is 1.17. The zero-order valence-corrected chi connectivity index (χ0v) is 26.1. The van der Waals surface area contributed by atoms with Gasteiger partial charge < -0.3 is 9.13 Å². The smallest absolute Gasteiger partial charge is 0.0633 e. The molecular weight excluding hydrogens is 589 g/mol. The van der Waals surface area contributed by atoms with E-state index in [-0.39, 0.29) is 0 Å². The SMILES string of the molecule is c1ccc(-n2c3ccc(-n4c5ccccc5c5c6ccccc6ccc54)cc3c3ccc4ccc5c6ccccc6sc5c4c32)cc1. The predicted octanol–water partition coefficient (Wildman–Crippen LogP) is 12.6. The lowest BCUT2D eigenvalue weighted by atomic mass is 10.0. The minimum Gasteiger partial charge on any atom is -0.309 e. The molecule has 2 nitrogen and oxygen atoms in total. The lowest BCUT2D eigenvalue weighted by molar-refractivity contribution is 1.17. The van der Waals surface area contributed by atoms with Crippen molar-refractivity contribution in [2.24, 2.45) is 0 Å². The fourth-order valence-corrected chi connectivity index (χ4v) is 9.34. The summed E-state index contributed by atoms with van der Waals surface area (Å²) in [6.45, 7) is 0. The van der Waals surface area contributed by atoms with E-state index in [1.54, 1.807) is 0 Å². The first-order valence-corrected chi connectivity index (χ1v) is 16.9. The van der Waals surface area contributed by atoms with E-state index >= 15 is 0 Å². The molecule has 47 heavy (non-hydrogen) atoms. The highest BCUT2D eigenvalue weighted by atomic mass is 32.1. The molecule has 0 aliphatic rings. The van der Waals surface area contributed by atoms with Crippen molar-refractivity contribution in [1.29, 1.82) is 0 Å². The van der Waals surface area contributed by atoms with Crippen molar-refractivity contribution in [1.82, 2.24) is 9.13 Å². The summed E-state index contributed by atoms with van der Waals surface area (Å²) < 4.78 is 7.62. The highest BCUT2D eigenvalue weighted by molar-refractivity contribution is 7.26.